The van der Waals surface area contributed by atoms with E-state index in [1.807, 2.05) is 60.7 Å². The van der Waals surface area contributed by atoms with Crippen molar-refractivity contribution in [3.63, 3.8) is 0 Å². The molecule has 2 aromatic carbocycles. The van der Waals surface area contributed by atoms with Crippen LogP contribution in [-0.2, 0) is 47.2 Å². The minimum absolute atomic E-state index is 0. The van der Waals surface area contributed by atoms with Gasteiger partial charge in [0.2, 0.25) is 0 Å². The molecule has 15 heteroatoms. The third kappa shape index (κ3) is 30.4. The minimum Gasteiger partial charge on any atom is -0.748 e. The van der Waals surface area contributed by atoms with Crippen LogP contribution in [0.5, 0.6) is 0 Å². The Balaban J connectivity index is 0. The smallest absolute Gasteiger partial charge is 0.748 e. The van der Waals surface area contributed by atoms with Gasteiger partial charge in [0, 0.05) is 6.26 Å². The molecule has 2 aromatic rings. The number of sulfone groups is 1. The van der Waals surface area contributed by atoms with Gasteiger partial charge in [-0.05, 0) is 44.8 Å². The monoisotopic (exact) mass is 604 g/mol. The van der Waals surface area contributed by atoms with E-state index in [0.29, 0.717) is 13.2 Å². The second kappa shape index (κ2) is 19.4. The second-order valence-electron chi connectivity index (χ2n) is 6.37. The van der Waals surface area contributed by atoms with Gasteiger partial charge in [-0.2, -0.15) is 0 Å². The summed E-state index contributed by atoms with van der Waals surface area (Å²) in [5.41, 5.74) is 2.01. The first-order valence-corrected chi connectivity index (χ1v) is 17.3. The molecule has 8 nitrogen and oxygen atoms in total. The van der Waals surface area contributed by atoms with Gasteiger partial charge in [-0.1, -0.05) is 60.7 Å². The summed E-state index contributed by atoms with van der Waals surface area (Å²) < 4.78 is 71.9. The maximum absolute atomic E-state index is 10.8. The van der Waals surface area contributed by atoms with Crippen molar-refractivity contribution >= 4 is 58.9 Å². The quantitative estimate of drug-likeness (QED) is 0.174. The van der Waals surface area contributed by atoms with Crippen LogP contribution in [-0.4, -0.2) is 52.4 Å². The SMILES string of the molecule is CS(=O)(=O)CCOCc1ccccc1.O=P(Cl)(Cl)Cl.O=S(=O)([O-])CCOCc1ccccc1.[Na+]. The molecular weight excluding hydrogens is 581 g/mol. The van der Waals surface area contributed by atoms with Gasteiger partial charge < -0.3 is 14.0 Å². The Morgan fingerprint density at radius 2 is 1.09 bits per heavy atom. The van der Waals surface area contributed by atoms with Gasteiger partial charge in [-0.25, -0.2) is 16.8 Å². The van der Waals surface area contributed by atoms with Gasteiger partial charge in [-0.15, -0.1) is 0 Å². The molecule has 0 heterocycles. The van der Waals surface area contributed by atoms with Crippen molar-refractivity contribution in [3.05, 3.63) is 71.8 Å². The van der Waals surface area contributed by atoms with Crippen molar-refractivity contribution in [2.75, 3.05) is 31.0 Å². The molecule has 0 aliphatic rings. The molecular formula is C19H25Cl3NaO8PS2. The van der Waals surface area contributed by atoms with Crippen LogP contribution in [0.2, 0.25) is 0 Å². The average molecular weight is 606 g/mol. The number of hydrogen-bond donors (Lipinski definition) is 0. The number of ether oxygens (including phenoxy) is 2. The average Bonchev–Trinajstić information content (AvgIpc) is 2.68. The van der Waals surface area contributed by atoms with Crippen molar-refractivity contribution in [2.45, 2.75) is 13.2 Å². The Morgan fingerprint density at radius 3 is 1.38 bits per heavy atom. The summed E-state index contributed by atoms with van der Waals surface area (Å²) in [6.45, 7) is 1.00. The summed E-state index contributed by atoms with van der Waals surface area (Å²) in [6.07, 6.45) is 1.21. The maximum Gasteiger partial charge on any atom is 1.00 e. The van der Waals surface area contributed by atoms with Crippen LogP contribution in [0, 0.1) is 0 Å². The van der Waals surface area contributed by atoms with Crippen LogP contribution >= 0.6 is 38.9 Å². The topological polar surface area (TPSA) is 127 Å². The van der Waals surface area contributed by atoms with Gasteiger partial charge in [0.25, 0.3) is 0 Å². The van der Waals surface area contributed by atoms with Crippen LogP contribution < -0.4 is 29.6 Å². The van der Waals surface area contributed by atoms with E-state index in [4.69, 9.17) is 9.47 Å². The van der Waals surface area contributed by atoms with Crippen molar-refractivity contribution in [1.29, 1.82) is 0 Å². The van der Waals surface area contributed by atoms with E-state index in [9.17, 15) is 26.0 Å². The number of rotatable bonds is 10. The Bertz CT molecular complexity index is 954. The van der Waals surface area contributed by atoms with E-state index in [1.165, 1.54) is 6.26 Å². The zero-order chi connectivity index (χ0) is 25.4. The van der Waals surface area contributed by atoms with E-state index in [2.05, 4.69) is 33.7 Å². The van der Waals surface area contributed by atoms with Crippen LogP contribution in [0.25, 0.3) is 0 Å². The zero-order valence-corrected chi connectivity index (χ0v) is 25.5. The van der Waals surface area contributed by atoms with Gasteiger partial charge in [-0.3, -0.25) is 4.57 Å². The molecule has 0 fully saturated rings. The van der Waals surface area contributed by atoms with Crippen molar-refractivity contribution in [2.24, 2.45) is 0 Å². The van der Waals surface area contributed by atoms with E-state index in [-0.39, 0.29) is 48.5 Å². The first kappa shape index (κ1) is 36.5. The molecule has 0 amide bonds. The molecule has 0 aliphatic heterocycles. The standard InChI is InChI=1S/C10H14O3S.C9H12O4S.Cl3OP.Na/c1-14(11,12)8-7-13-9-10-5-3-2-4-6-10;10-14(11,12)7-6-13-8-9-4-2-1-3-5-9;1-5(2,3)4;/h2-6H,7-9H2,1H3;1-5H,6-8H2,(H,10,11,12);;/q;;;+1/p-1. The summed E-state index contributed by atoms with van der Waals surface area (Å²) in [5, 5.41) is -3.22. The Labute approximate surface area is 238 Å². The third-order valence-corrected chi connectivity index (χ3v) is 4.87. The van der Waals surface area contributed by atoms with Crippen molar-refractivity contribution < 1.29 is 65.0 Å². The third-order valence-electron chi connectivity index (χ3n) is 3.30. The van der Waals surface area contributed by atoms with E-state index < -0.39 is 30.9 Å². The van der Waals surface area contributed by atoms with E-state index in [0.717, 1.165) is 11.1 Å². The van der Waals surface area contributed by atoms with Crippen LogP contribution in [0.4, 0.5) is 0 Å². The maximum atomic E-state index is 10.8. The number of hydrogen-bond acceptors (Lipinski definition) is 8. The second-order valence-corrected chi connectivity index (χ2v) is 16.8. The summed E-state index contributed by atoms with van der Waals surface area (Å²) >= 11 is 13.8. The van der Waals surface area contributed by atoms with E-state index in [1.54, 1.807) is 0 Å². The van der Waals surface area contributed by atoms with Crippen molar-refractivity contribution in [3.8, 4) is 0 Å². The summed E-state index contributed by atoms with van der Waals surface area (Å²) in [5.74, 6) is -0.389. The molecule has 0 aliphatic carbocycles. The predicted molar refractivity (Wildman–Crippen MR) is 132 cm³/mol. The van der Waals surface area contributed by atoms with Crippen LogP contribution in [0.1, 0.15) is 11.1 Å². The normalized spacial score (nSPS) is 11.2. The minimum atomic E-state index is -4.15. The fourth-order valence-electron chi connectivity index (χ4n) is 1.90. The fraction of sp³-hybridized carbons (Fsp3) is 0.368. The Kier molecular flexibility index (Phi) is 20.8. The first-order valence-electron chi connectivity index (χ1n) is 9.19. The Morgan fingerprint density at radius 1 is 0.765 bits per heavy atom. The van der Waals surface area contributed by atoms with Gasteiger partial charge >= 0.3 is 34.8 Å². The molecule has 0 N–H and O–H groups in total. The molecule has 0 bridgehead atoms. The molecule has 34 heavy (non-hydrogen) atoms. The largest absolute Gasteiger partial charge is 1.00 e. The molecule has 0 unspecified atom stereocenters. The fourth-order valence-corrected chi connectivity index (χ4v) is 2.64. The number of benzene rings is 2. The molecule has 2 rings (SSSR count). The van der Waals surface area contributed by atoms with E-state index >= 15 is 0 Å². The van der Waals surface area contributed by atoms with Crippen LogP contribution in [0.15, 0.2) is 60.7 Å². The van der Waals surface area contributed by atoms with Gasteiger partial charge in [0.05, 0.1) is 48.1 Å². The molecule has 0 radical (unpaired) electrons. The Hall–Kier alpha value is 0.320. The molecule has 0 spiro atoms. The van der Waals surface area contributed by atoms with Crippen LogP contribution in [0.3, 0.4) is 0 Å². The summed E-state index contributed by atoms with van der Waals surface area (Å²) in [4.78, 5) is 0. The molecule has 0 aromatic heterocycles. The van der Waals surface area contributed by atoms with Crippen molar-refractivity contribution in [1.82, 2.24) is 0 Å². The van der Waals surface area contributed by atoms with Gasteiger partial charge in [0.15, 0.2) is 0 Å². The zero-order valence-electron chi connectivity index (χ0n) is 18.7. The molecule has 0 atom stereocenters. The first-order chi connectivity index (χ1) is 15.2. The predicted octanol–water partition coefficient (Wildman–Crippen LogP) is 1.81. The summed E-state index contributed by atoms with van der Waals surface area (Å²) in [7, 11) is -7.06. The summed E-state index contributed by atoms with van der Waals surface area (Å²) in [6, 6.07) is 19.0. The molecule has 188 valence electrons. The number of halogens is 3. The molecule has 0 saturated heterocycles. The molecule has 0 saturated carbocycles. The van der Waals surface area contributed by atoms with Gasteiger partial charge in [0.1, 0.15) is 9.84 Å².